The van der Waals surface area contributed by atoms with Gasteiger partial charge in [-0.05, 0) is 12.0 Å². The molecule has 0 radical (unpaired) electrons. The second-order valence-corrected chi connectivity index (χ2v) is 3.01. The molecule has 2 aliphatic rings. The van der Waals surface area contributed by atoms with E-state index in [4.69, 9.17) is 0 Å². The number of hydrogen-bond donors (Lipinski definition) is 0. The molecule has 0 amide bonds. The highest BCUT2D eigenvalue weighted by atomic mass is 15.2. The molecule has 1 fully saturated rings. The Balaban J connectivity index is 2.20. The quantitative estimate of drug-likeness (QED) is 0.454. The summed E-state index contributed by atoms with van der Waals surface area (Å²) in [5, 5.41) is 0. The second kappa shape index (κ2) is 2.11. The van der Waals surface area contributed by atoms with Crippen molar-refractivity contribution in [3.05, 3.63) is 12.2 Å². The van der Waals surface area contributed by atoms with Gasteiger partial charge in [0, 0.05) is 19.5 Å². The van der Waals surface area contributed by atoms with Gasteiger partial charge in [0.1, 0.15) is 0 Å². The summed E-state index contributed by atoms with van der Waals surface area (Å²) in [4.78, 5) is 6.75. The van der Waals surface area contributed by atoms with Crippen molar-refractivity contribution >= 4 is 5.84 Å². The molecular formula is C8H12N2. The molecular weight excluding hydrogens is 124 g/mol. The maximum absolute atomic E-state index is 4.42. The van der Waals surface area contributed by atoms with Crippen LogP contribution < -0.4 is 0 Å². The minimum Gasteiger partial charge on any atom is -0.356 e. The monoisotopic (exact) mass is 136 g/mol. The average molecular weight is 136 g/mol. The predicted molar refractivity (Wildman–Crippen MR) is 42.2 cm³/mol. The van der Waals surface area contributed by atoms with Crippen LogP contribution >= 0.6 is 0 Å². The second-order valence-electron chi connectivity index (χ2n) is 3.01. The molecule has 0 unspecified atom stereocenters. The van der Waals surface area contributed by atoms with Crippen LogP contribution in [0.4, 0.5) is 0 Å². The first-order valence-electron chi connectivity index (χ1n) is 3.81. The van der Waals surface area contributed by atoms with Crippen LogP contribution in [-0.4, -0.2) is 30.4 Å². The Bertz CT molecular complexity index is 193. The van der Waals surface area contributed by atoms with E-state index in [9.17, 15) is 0 Å². The van der Waals surface area contributed by atoms with E-state index in [1.807, 2.05) is 0 Å². The minimum atomic E-state index is 0.867. The van der Waals surface area contributed by atoms with Crippen molar-refractivity contribution in [1.82, 2.24) is 4.90 Å². The number of nitrogens with zero attached hydrogens (tertiary/aromatic N) is 2. The Hall–Kier alpha value is -0.790. The number of hydrogen-bond acceptors (Lipinski definition) is 2. The lowest BCUT2D eigenvalue weighted by atomic mass is 10.2. The van der Waals surface area contributed by atoms with Crippen molar-refractivity contribution in [3.63, 3.8) is 0 Å². The standard InChI is InChI=1S/C8H12N2/c1-7-5-9-8-3-2-4-10(8)6-7/h1-6H2. The first kappa shape index (κ1) is 5.96. The van der Waals surface area contributed by atoms with Crippen LogP contribution in [-0.2, 0) is 0 Å². The van der Waals surface area contributed by atoms with Gasteiger partial charge in [-0.15, -0.1) is 0 Å². The summed E-state index contributed by atoms with van der Waals surface area (Å²) in [6, 6.07) is 0. The molecule has 0 spiro atoms. The summed E-state index contributed by atoms with van der Waals surface area (Å²) in [5.74, 6) is 1.31. The Morgan fingerprint density at radius 1 is 1.50 bits per heavy atom. The summed E-state index contributed by atoms with van der Waals surface area (Å²) < 4.78 is 0. The Labute approximate surface area is 61.2 Å². The van der Waals surface area contributed by atoms with E-state index in [1.54, 1.807) is 0 Å². The molecule has 0 aromatic heterocycles. The topological polar surface area (TPSA) is 15.6 Å². The number of amidine groups is 1. The molecule has 2 rings (SSSR count). The summed E-state index contributed by atoms with van der Waals surface area (Å²) >= 11 is 0. The van der Waals surface area contributed by atoms with Gasteiger partial charge in [0.2, 0.25) is 0 Å². The fourth-order valence-corrected chi connectivity index (χ4v) is 1.59. The predicted octanol–water partition coefficient (Wildman–Crippen LogP) is 1.05. The lowest BCUT2D eigenvalue weighted by molar-refractivity contribution is 0.475. The molecule has 2 heteroatoms. The third-order valence-corrected chi connectivity index (χ3v) is 2.09. The molecule has 0 aliphatic carbocycles. The Morgan fingerprint density at radius 2 is 2.40 bits per heavy atom. The van der Waals surface area contributed by atoms with Crippen molar-refractivity contribution in [1.29, 1.82) is 0 Å². The van der Waals surface area contributed by atoms with E-state index in [0.717, 1.165) is 13.1 Å². The van der Waals surface area contributed by atoms with E-state index in [1.165, 1.54) is 30.8 Å². The zero-order valence-electron chi connectivity index (χ0n) is 6.14. The van der Waals surface area contributed by atoms with Crippen LogP contribution in [0.15, 0.2) is 17.1 Å². The van der Waals surface area contributed by atoms with Gasteiger partial charge in [-0.25, -0.2) is 0 Å². The van der Waals surface area contributed by atoms with Crippen LogP contribution in [0.1, 0.15) is 12.8 Å². The van der Waals surface area contributed by atoms with Gasteiger partial charge >= 0.3 is 0 Å². The molecule has 54 valence electrons. The molecule has 2 aliphatic heterocycles. The summed E-state index contributed by atoms with van der Waals surface area (Å²) in [6.07, 6.45) is 2.47. The molecule has 2 heterocycles. The summed E-state index contributed by atoms with van der Waals surface area (Å²) in [7, 11) is 0. The van der Waals surface area contributed by atoms with Crippen molar-refractivity contribution < 1.29 is 0 Å². The van der Waals surface area contributed by atoms with E-state index in [-0.39, 0.29) is 0 Å². The SMILES string of the molecule is C=C1CN=C2CCCN2C1. The third kappa shape index (κ3) is 0.838. The van der Waals surface area contributed by atoms with Crippen LogP contribution in [0, 0.1) is 0 Å². The first-order valence-corrected chi connectivity index (χ1v) is 3.81. The first-order chi connectivity index (χ1) is 4.86. The van der Waals surface area contributed by atoms with E-state index < -0.39 is 0 Å². The highest BCUT2D eigenvalue weighted by Gasteiger charge is 2.21. The summed E-state index contributed by atoms with van der Waals surface area (Å²) in [5.41, 5.74) is 1.26. The van der Waals surface area contributed by atoms with Crippen molar-refractivity contribution in [3.8, 4) is 0 Å². The van der Waals surface area contributed by atoms with Crippen LogP contribution in [0.5, 0.6) is 0 Å². The molecule has 0 N–H and O–H groups in total. The molecule has 1 saturated heterocycles. The normalized spacial score (nSPS) is 24.6. The van der Waals surface area contributed by atoms with Gasteiger partial charge in [0.25, 0.3) is 0 Å². The smallest absolute Gasteiger partial charge is 0.0996 e. The maximum Gasteiger partial charge on any atom is 0.0996 e. The zero-order valence-corrected chi connectivity index (χ0v) is 6.14. The van der Waals surface area contributed by atoms with Gasteiger partial charge in [0.15, 0.2) is 0 Å². The maximum atomic E-state index is 4.42. The Morgan fingerprint density at radius 3 is 3.30 bits per heavy atom. The number of rotatable bonds is 0. The van der Waals surface area contributed by atoms with Gasteiger partial charge in [-0.2, -0.15) is 0 Å². The molecule has 0 bridgehead atoms. The molecule has 0 aromatic rings. The van der Waals surface area contributed by atoms with Crippen molar-refractivity contribution in [2.45, 2.75) is 12.8 Å². The van der Waals surface area contributed by atoms with Crippen LogP contribution in [0.25, 0.3) is 0 Å². The van der Waals surface area contributed by atoms with E-state index in [2.05, 4.69) is 16.5 Å². The lowest BCUT2D eigenvalue weighted by Gasteiger charge is -2.23. The number of fused-ring (bicyclic) bond motifs is 1. The average Bonchev–Trinajstić information content (AvgIpc) is 2.33. The largest absolute Gasteiger partial charge is 0.356 e. The van der Waals surface area contributed by atoms with Crippen molar-refractivity contribution in [2.75, 3.05) is 19.6 Å². The molecule has 2 nitrogen and oxygen atoms in total. The highest BCUT2D eigenvalue weighted by molar-refractivity contribution is 5.85. The highest BCUT2D eigenvalue weighted by Crippen LogP contribution is 2.17. The number of aliphatic imine (C=N–C) groups is 1. The lowest BCUT2D eigenvalue weighted by Crippen LogP contribution is -2.31. The van der Waals surface area contributed by atoms with E-state index >= 15 is 0 Å². The molecule has 10 heavy (non-hydrogen) atoms. The third-order valence-electron chi connectivity index (χ3n) is 2.09. The van der Waals surface area contributed by atoms with Gasteiger partial charge in [-0.3, -0.25) is 4.99 Å². The fraction of sp³-hybridized carbons (Fsp3) is 0.625. The van der Waals surface area contributed by atoms with Crippen LogP contribution in [0.2, 0.25) is 0 Å². The van der Waals surface area contributed by atoms with Gasteiger partial charge < -0.3 is 4.90 Å². The van der Waals surface area contributed by atoms with E-state index in [0.29, 0.717) is 0 Å². The van der Waals surface area contributed by atoms with Crippen LogP contribution in [0.3, 0.4) is 0 Å². The molecule has 0 saturated carbocycles. The van der Waals surface area contributed by atoms with Crippen molar-refractivity contribution in [2.24, 2.45) is 4.99 Å². The summed E-state index contributed by atoms with van der Waals surface area (Å²) in [6.45, 7) is 7.04. The minimum absolute atomic E-state index is 0.867. The fourth-order valence-electron chi connectivity index (χ4n) is 1.59. The zero-order chi connectivity index (χ0) is 6.97. The molecule has 0 atom stereocenters. The Kier molecular flexibility index (Phi) is 1.26. The molecule has 0 aromatic carbocycles. The van der Waals surface area contributed by atoms with Gasteiger partial charge in [0.05, 0.1) is 12.4 Å². The van der Waals surface area contributed by atoms with Gasteiger partial charge in [-0.1, -0.05) is 6.58 Å².